The zero-order chi connectivity index (χ0) is 13.9. The topological polar surface area (TPSA) is 54.9 Å². The number of hydrogen-bond acceptors (Lipinski definition) is 3. The summed E-state index contributed by atoms with van der Waals surface area (Å²) in [5, 5.41) is 3.60. The van der Waals surface area contributed by atoms with Crippen LogP contribution in [0.4, 0.5) is 5.69 Å². The number of aryl methyl sites for hydroxylation is 1. The summed E-state index contributed by atoms with van der Waals surface area (Å²) in [6, 6.07) is 16.8. The van der Waals surface area contributed by atoms with Gasteiger partial charge in [-0.3, -0.25) is 4.79 Å². The van der Waals surface area contributed by atoms with Gasteiger partial charge in [-0.25, -0.2) is 9.97 Å². The molecule has 2 aromatic carbocycles. The standard InChI is InChI=1S/C16H13N3O/c1-11-17-14-10-6-5-9-13(14)15(18-11)16(20)19-12-7-3-2-4-8-12/h2-10H,1H3,(H,19,20). The Hall–Kier alpha value is -2.75. The van der Waals surface area contributed by atoms with Crippen molar-refractivity contribution in [2.45, 2.75) is 6.92 Å². The average Bonchev–Trinajstić information content (AvgIpc) is 2.47. The van der Waals surface area contributed by atoms with E-state index in [2.05, 4.69) is 15.3 Å². The van der Waals surface area contributed by atoms with Crippen molar-refractivity contribution in [3.8, 4) is 0 Å². The Morgan fingerprint density at radius 2 is 1.65 bits per heavy atom. The number of para-hydroxylation sites is 2. The Labute approximate surface area is 116 Å². The highest BCUT2D eigenvalue weighted by Crippen LogP contribution is 2.17. The van der Waals surface area contributed by atoms with E-state index in [1.165, 1.54) is 0 Å². The second-order valence-corrected chi connectivity index (χ2v) is 4.46. The number of rotatable bonds is 2. The average molecular weight is 263 g/mol. The van der Waals surface area contributed by atoms with Gasteiger partial charge in [0.25, 0.3) is 5.91 Å². The van der Waals surface area contributed by atoms with Crippen LogP contribution in [-0.2, 0) is 0 Å². The maximum Gasteiger partial charge on any atom is 0.275 e. The van der Waals surface area contributed by atoms with Gasteiger partial charge in [0.05, 0.1) is 5.52 Å². The highest BCUT2D eigenvalue weighted by atomic mass is 16.1. The fraction of sp³-hybridized carbons (Fsp3) is 0.0625. The highest BCUT2D eigenvalue weighted by Gasteiger charge is 2.13. The van der Waals surface area contributed by atoms with Crippen molar-refractivity contribution in [2.24, 2.45) is 0 Å². The summed E-state index contributed by atoms with van der Waals surface area (Å²) < 4.78 is 0. The second kappa shape index (κ2) is 5.09. The molecule has 0 bridgehead atoms. The maximum atomic E-state index is 12.4. The Morgan fingerprint density at radius 1 is 0.950 bits per heavy atom. The second-order valence-electron chi connectivity index (χ2n) is 4.46. The van der Waals surface area contributed by atoms with Crippen LogP contribution in [0.2, 0.25) is 0 Å². The molecule has 1 aromatic heterocycles. The molecular weight excluding hydrogens is 250 g/mol. The molecule has 0 aliphatic heterocycles. The summed E-state index contributed by atoms with van der Waals surface area (Å²) >= 11 is 0. The number of nitrogens with zero attached hydrogens (tertiary/aromatic N) is 2. The lowest BCUT2D eigenvalue weighted by Crippen LogP contribution is -2.15. The normalized spacial score (nSPS) is 10.4. The lowest BCUT2D eigenvalue weighted by Gasteiger charge is -2.07. The summed E-state index contributed by atoms with van der Waals surface area (Å²) in [5.74, 6) is 0.361. The molecule has 0 fully saturated rings. The van der Waals surface area contributed by atoms with Crippen molar-refractivity contribution < 1.29 is 4.79 Å². The van der Waals surface area contributed by atoms with Crippen LogP contribution in [0.3, 0.4) is 0 Å². The number of nitrogens with one attached hydrogen (secondary N) is 1. The van der Waals surface area contributed by atoms with Crippen molar-refractivity contribution >= 4 is 22.5 Å². The molecule has 0 spiro atoms. The molecule has 0 aliphatic rings. The van der Waals surface area contributed by atoms with E-state index >= 15 is 0 Å². The Morgan fingerprint density at radius 3 is 2.45 bits per heavy atom. The molecule has 0 unspecified atom stereocenters. The lowest BCUT2D eigenvalue weighted by molar-refractivity contribution is 0.102. The Kier molecular flexibility index (Phi) is 3.13. The molecule has 0 saturated carbocycles. The molecule has 0 radical (unpaired) electrons. The lowest BCUT2D eigenvalue weighted by atomic mass is 10.1. The van der Waals surface area contributed by atoms with Gasteiger partial charge in [-0.1, -0.05) is 36.4 Å². The number of aromatic nitrogens is 2. The SMILES string of the molecule is Cc1nc(C(=O)Nc2ccccc2)c2ccccc2n1. The first-order valence-corrected chi connectivity index (χ1v) is 6.34. The first-order valence-electron chi connectivity index (χ1n) is 6.34. The van der Waals surface area contributed by atoms with Gasteiger partial charge in [-0.05, 0) is 25.1 Å². The van der Waals surface area contributed by atoms with Crippen LogP contribution < -0.4 is 5.32 Å². The van der Waals surface area contributed by atoms with Crippen LogP contribution in [0.1, 0.15) is 16.3 Å². The van der Waals surface area contributed by atoms with E-state index in [1.54, 1.807) is 6.92 Å². The fourth-order valence-corrected chi connectivity index (χ4v) is 2.08. The van der Waals surface area contributed by atoms with Crippen LogP contribution in [0.5, 0.6) is 0 Å². The molecule has 1 amide bonds. The fourth-order valence-electron chi connectivity index (χ4n) is 2.08. The first kappa shape index (κ1) is 12.3. The molecule has 3 rings (SSSR count). The molecule has 1 heterocycles. The minimum absolute atomic E-state index is 0.224. The molecule has 0 aliphatic carbocycles. The van der Waals surface area contributed by atoms with Gasteiger partial charge in [-0.2, -0.15) is 0 Å². The number of hydrogen-bond donors (Lipinski definition) is 1. The van der Waals surface area contributed by atoms with E-state index in [-0.39, 0.29) is 5.91 Å². The van der Waals surface area contributed by atoms with Crippen LogP contribution in [0, 0.1) is 6.92 Å². The van der Waals surface area contributed by atoms with Gasteiger partial charge in [0.1, 0.15) is 11.5 Å². The molecular formula is C16H13N3O. The van der Waals surface area contributed by atoms with Crippen LogP contribution >= 0.6 is 0 Å². The number of carbonyl (C=O) groups excluding carboxylic acids is 1. The molecule has 98 valence electrons. The van der Waals surface area contributed by atoms with Gasteiger partial charge >= 0.3 is 0 Å². The van der Waals surface area contributed by atoms with E-state index in [9.17, 15) is 4.79 Å². The Balaban J connectivity index is 2.03. The van der Waals surface area contributed by atoms with Crippen molar-refractivity contribution in [3.63, 3.8) is 0 Å². The van der Waals surface area contributed by atoms with E-state index < -0.39 is 0 Å². The zero-order valence-electron chi connectivity index (χ0n) is 11.0. The predicted molar refractivity (Wildman–Crippen MR) is 78.7 cm³/mol. The van der Waals surface area contributed by atoms with Gasteiger partial charge in [0, 0.05) is 11.1 Å². The molecule has 4 heteroatoms. The summed E-state index contributed by atoms with van der Waals surface area (Å²) in [5.41, 5.74) is 1.92. The quantitative estimate of drug-likeness (QED) is 0.772. The number of benzene rings is 2. The maximum absolute atomic E-state index is 12.4. The number of fused-ring (bicyclic) bond motifs is 1. The van der Waals surface area contributed by atoms with Crippen LogP contribution in [-0.4, -0.2) is 15.9 Å². The Bertz CT molecular complexity index is 769. The molecule has 4 nitrogen and oxygen atoms in total. The smallest absolute Gasteiger partial charge is 0.275 e. The van der Waals surface area contributed by atoms with Gasteiger partial charge in [0.2, 0.25) is 0 Å². The molecule has 0 saturated heterocycles. The largest absolute Gasteiger partial charge is 0.321 e. The van der Waals surface area contributed by atoms with Gasteiger partial charge in [0.15, 0.2) is 0 Å². The van der Waals surface area contributed by atoms with Gasteiger partial charge < -0.3 is 5.32 Å². The third-order valence-electron chi connectivity index (χ3n) is 2.96. The third kappa shape index (κ3) is 2.36. The predicted octanol–water partition coefficient (Wildman–Crippen LogP) is 3.19. The zero-order valence-corrected chi connectivity index (χ0v) is 11.0. The van der Waals surface area contributed by atoms with Crippen molar-refractivity contribution in [2.75, 3.05) is 5.32 Å². The van der Waals surface area contributed by atoms with E-state index in [1.807, 2.05) is 54.6 Å². The van der Waals surface area contributed by atoms with Crippen molar-refractivity contribution in [1.82, 2.24) is 9.97 Å². The molecule has 20 heavy (non-hydrogen) atoms. The number of carbonyl (C=O) groups is 1. The molecule has 1 N–H and O–H groups in total. The number of amides is 1. The van der Waals surface area contributed by atoms with E-state index in [4.69, 9.17) is 0 Å². The molecule has 3 aromatic rings. The first-order chi connectivity index (χ1) is 9.74. The summed E-state index contributed by atoms with van der Waals surface area (Å²) in [6.45, 7) is 1.78. The monoisotopic (exact) mass is 263 g/mol. The minimum atomic E-state index is -0.224. The summed E-state index contributed by atoms with van der Waals surface area (Å²) in [4.78, 5) is 21.0. The van der Waals surface area contributed by atoms with Crippen molar-refractivity contribution in [1.29, 1.82) is 0 Å². The van der Waals surface area contributed by atoms with Crippen LogP contribution in [0.15, 0.2) is 54.6 Å². The van der Waals surface area contributed by atoms with E-state index in [0.29, 0.717) is 11.5 Å². The molecule has 0 atom stereocenters. The van der Waals surface area contributed by atoms with E-state index in [0.717, 1.165) is 16.6 Å². The highest BCUT2D eigenvalue weighted by molar-refractivity contribution is 6.10. The summed E-state index contributed by atoms with van der Waals surface area (Å²) in [6.07, 6.45) is 0. The van der Waals surface area contributed by atoms with Crippen LogP contribution in [0.25, 0.3) is 10.9 Å². The van der Waals surface area contributed by atoms with Gasteiger partial charge in [-0.15, -0.1) is 0 Å². The number of anilines is 1. The van der Waals surface area contributed by atoms with Crippen molar-refractivity contribution in [3.05, 3.63) is 66.1 Å². The third-order valence-corrected chi connectivity index (χ3v) is 2.96. The minimum Gasteiger partial charge on any atom is -0.321 e. The summed E-state index contributed by atoms with van der Waals surface area (Å²) in [7, 11) is 0.